The fourth-order valence-corrected chi connectivity index (χ4v) is 10.3. The van der Waals surface area contributed by atoms with Crippen LogP contribution in [0.3, 0.4) is 0 Å². The van der Waals surface area contributed by atoms with E-state index >= 15 is 0 Å². The van der Waals surface area contributed by atoms with Gasteiger partial charge >= 0.3 is 10.4 Å². The SMILES string of the molecule is CC(CO)CCC[C@@H](C)[C@H]1[C@@H](O)C(O)[C@@H]2[C@]1(C)CC[C@@H]1[C@@]3(C)CC[C@H](O)C[C@@H]3C(OS(=O)(=O)O)C[C@]12O. The Kier molecular flexibility index (Phi) is 8.21. The van der Waals surface area contributed by atoms with Crippen LogP contribution in [0.4, 0.5) is 0 Å². The number of aliphatic hydroxyl groups excluding tert-OH is 4. The van der Waals surface area contributed by atoms with Gasteiger partial charge < -0.3 is 25.5 Å². The lowest BCUT2D eigenvalue weighted by Crippen LogP contribution is -2.69. The number of hydrogen-bond acceptors (Lipinski definition) is 8. The Labute approximate surface area is 221 Å². The van der Waals surface area contributed by atoms with Gasteiger partial charge in [-0.2, -0.15) is 8.42 Å². The molecule has 6 N–H and O–H groups in total. The van der Waals surface area contributed by atoms with Crippen molar-refractivity contribution in [1.82, 2.24) is 0 Å². The Bertz CT molecular complexity index is 929. The zero-order chi connectivity index (χ0) is 27.6. The van der Waals surface area contributed by atoms with Crippen LogP contribution in [-0.2, 0) is 14.6 Å². The summed E-state index contributed by atoms with van der Waals surface area (Å²) >= 11 is 0. The molecule has 0 amide bonds. The quantitative estimate of drug-likeness (QED) is 0.250. The zero-order valence-corrected chi connectivity index (χ0v) is 23.5. The highest BCUT2D eigenvalue weighted by atomic mass is 32.3. The van der Waals surface area contributed by atoms with E-state index in [1.54, 1.807) is 0 Å². The van der Waals surface area contributed by atoms with Gasteiger partial charge in [0.2, 0.25) is 0 Å². The molecule has 0 heterocycles. The average Bonchev–Trinajstić information content (AvgIpc) is 2.99. The fraction of sp³-hybridized carbons (Fsp3) is 1.00. The third-order valence-electron chi connectivity index (χ3n) is 11.3. The topological polar surface area (TPSA) is 165 Å². The summed E-state index contributed by atoms with van der Waals surface area (Å²) in [6.07, 6.45) is 1.44. The van der Waals surface area contributed by atoms with Crippen molar-refractivity contribution in [1.29, 1.82) is 0 Å². The van der Waals surface area contributed by atoms with Gasteiger partial charge in [-0.15, -0.1) is 0 Å². The molecular formula is C27H48O9S. The van der Waals surface area contributed by atoms with E-state index in [9.17, 15) is 38.5 Å². The molecule has 0 aromatic carbocycles. The van der Waals surface area contributed by atoms with Gasteiger partial charge in [0.05, 0.1) is 30.0 Å². The molecule has 4 fully saturated rings. The Balaban J connectivity index is 1.68. The molecule has 0 aromatic rings. The Morgan fingerprint density at radius 3 is 2.27 bits per heavy atom. The molecule has 0 spiro atoms. The molecule has 0 bridgehead atoms. The van der Waals surface area contributed by atoms with Crippen LogP contribution < -0.4 is 0 Å². The number of hydrogen-bond donors (Lipinski definition) is 6. The maximum atomic E-state index is 12.5. The van der Waals surface area contributed by atoms with Gasteiger partial charge in [0, 0.05) is 18.9 Å². The molecular weight excluding hydrogens is 500 g/mol. The van der Waals surface area contributed by atoms with E-state index in [4.69, 9.17) is 4.18 Å². The van der Waals surface area contributed by atoms with Crippen molar-refractivity contribution in [3.63, 3.8) is 0 Å². The van der Waals surface area contributed by atoms with Crippen molar-refractivity contribution in [3.8, 4) is 0 Å². The fourth-order valence-electron chi connectivity index (χ4n) is 9.80. The normalized spacial score (nSPS) is 49.6. The molecule has 0 radical (unpaired) electrons. The third kappa shape index (κ3) is 5.03. The van der Waals surface area contributed by atoms with E-state index in [0.29, 0.717) is 25.7 Å². The van der Waals surface area contributed by atoms with Crippen LogP contribution in [0.2, 0.25) is 0 Å². The van der Waals surface area contributed by atoms with Gasteiger partial charge in [-0.1, -0.05) is 40.5 Å². The van der Waals surface area contributed by atoms with Crippen molar-refractivity contribution < 1.29 is 42.7 Å². The summed E-state index contributed by atoms with van der Waals surface area (Å²) in [6.45, 7) is 8.28. The summed E-state index contributed by atoms with van der Waals surface area (Å²) in [5, 5.41) is 55.1. The van der Waals surface area contributed by atoms with E-state index in [0.717, 1.165) is 25.7 Å². The third-order valence-corrected chi connectivity index (χ3v) is 11.8. The summed E-state index contributed by atoms with van der Waals surface area (Å²) in [5.74, 6) is -1.29. The van der Waals surface area contributed by atoms with E-state index in [1.807, 2.05) is 20.8 Å². The first kappa shape index (κ1) is 29.6. The summed E-state index contributed by atoms with van der Waals surface area (Å²) in [7, 11) is -4.81. The second-order valence-corrected chi connectivity index (χ2v) is 14.6. The smallest absolute Gasteiger partial charge is 0.396 e. The molecule has 4 saturated carbocycles. The lowest BCUT2D eigenvalue weighted by atomic mass is 9.42. The highest BCUT2D eigenvalue weighted by Crippen LogP contribution is 2.70. The van der Waals surface area contributed by atoms with Gasteiger partial charge in [-0.3, -0.25) is 4.55 Å². The standard InChI is InChI=1S/C27H48O9S/c1-15(14-28)6-5-7-16(2)21-22(30)23(31)24-26(21,4)11-9-20-25(3)10-8-17(29)12-18(25)19(13-27(20,24)32)36-37(33,34)35/h15-24,28-32H,5-14H2,1-4H3,(H,33,34,35)/t15?,16-,17+,18-,19?,20-,21+,22-,23?,24-,25+,26-,27+/m1/s1. The van der Waals surface area contributed by atoms with Gasteiger partial charge in [0.15, 0.2) is 0 Å². The number of fused-ring (bicyclic) bond motifs is 5. The first-order chi connectivity index (χ1) is 17.1. The van der Waals surface area contributed by atoms with Crippen LogP contribution in [-0.4, -0.2) is 75.1 Å². The van der Waals surface area contributed by atoms with Crippen molar-refractivity contribution in [2.45, 2.75) is 115 Å². The molecule has 37 heavy (non-hydrogen) atoms. The predicted molar refractivity (Wildman–Crippen MR) is 137 cm³/mol. The molecule has 0 saturated heterocycles. The maximum absolute atomic E-state index is 12.5. The van der Waals surface area contributed by atoms with Crippen LogP contribution in [0.5, 0.6) is 0 Å². The first-order valence-corrected chi connectivity index (χ1v) is 15.5. The van der Waals surface area contributed by atoms with Crippen LogP contribution >= 0.6 is 0 Å². The Morgan fingerprint density at radius 1 is 1.00 bits per heavy atom. The van der Waals surface area contributed by atoms with Gasteiger partial charge in [-0.25, -0.2) is 4.18 Å². The molecule has 9 nitrogen and oxygen atoms in total. The molecule has 4 rings (SSSR count). The van der Waals surface area contributed by atoms with Crippen molar-refractivity contribution >= 4 is 10.4 Å². The monoisotopic (exact) mass is 548 g/mol. The van der Waals surface area contributed by atoms with E-state index in [-0.39, 0.29) is 42.6 Å². The Morgan fingerprint density at radius 2 is 1.65 bits per heavy atom. The first-order valence-electron chi connectivity index (χ1n) is 14.1. The van der Waals surface area contributed by atoms with Gasteiger partial charge in [0.1, 0.15) is 0 Å². The highest BCUT2D eigenvalue weighted by Gasteiger charge is 2.73. The largest absolute Gasteiger partial charge is 0.397 e. The van der Waals surface area contributed by atoms with E-state index in [1.165, 1.54) is 0 Å². The van der Waals surface area contributed by atoms with Crippen LogP contribution in [0.25, 0.3) is 0 Å². The molecule has 13 atom stereocenters. The molecule has 10 heteroatoms. The van der Waals surface area contributed by atoms with Crippen LogP contribution in [0, 0.1) is 46.3 Å². The summed E-state index contributed by atoms with van der Waals surface area (Å²) in [4.78, 5) is 0. The lowest BCUT2D eigenvalue weighted by molar-refractivity contribution is -0.260. The van der Waals surface area contributed by atoms with Gasteiger partial charge in [-0.05, 0) is 78.9 Å². The summed E-state index contributed by atoms with van der Waals surface area (Å²) in [6, 6.07) is 0. The number of rotatable bonds is 8. The lowest BCUT2D eigenvalue weighted by Gasteiger charge is -2.66. The number of aliphatic hydroxyl groups is 5. The maximum Gasteiger partial charge on any atom is 0.397 e. The van der Waals surface area contributed by atoms with Crippen molar-refractivity contribution in [3.05, 3.63) is 0 Å². The summed E-state index contributed by atoms with van der Waals surface area (Å²) in [5.41, 5.74) is -2.64. The summed E-state index contributed by atoms with van der Waals surface area (Å²) < 4.78 is 38.4. The minimum Gasteiger partial charge on any atom is -0.396 e. The molecule has 0 aliphatic heterocycles. The molecule has 4 aliphatic carbocycles. The molecule has 3 unspecified atom stereocenters. The van der Waals surface area contributed by atoms with Crippen molar-refractivity contribution in [2.75, 3.05) is 6.61 Å². The second kappa shape index (κ2) is 10.3. The van der Waals surface area contributed by atoms with Crippen LogP contribution in [0.15, 0.2) is 0 Å². The average molecular weight is 549 g/mol. The predicted octanol–water partition coefficient (Wildman–Crippen LogP) is 2.30. The molecule has 0 aromatic heterocycles. The highest BCUT2D eigenvalue weighted by molar-refractivity contribution is 7.80. The molecule has 4 aliphatic rings. The van der Waals surface area contributed by atoms with E-state index in [2.05, 4.69) is 6.92 Å². The Hall–Kier alpha value is -0.330. The zero-order valence-electron chi connectivity index (χ0n) is 22.7. The second-order valence-electron chi connectivity index (χ2n) is 13.6. The van der Waals surface area contributed by atoms with Crippen molar-refractivity contribution in [2.24, 2.45) is 46.3 Å². The van der Waals surface area contributed by atoms with Crippen LogP contribution in [0.1, 0.15) is 85.5 Å². The minimum atomic E-state index is -4.81. The van der Waals surface area contributed by atoms with E-state index < -0.39 is 57.2 Å². The molecule has 216 valence electrons. The minimum absolute atomic E-state index is 0.0762. The van der Waals surface area contributed by atoms with Gasteiger partial charge in [0.25, 0.3) is 0 Å².